The summed E-state index contributed by atoms with van der Waals surface area (Å²) in [5, 5.41) is 0. The van der Waals surface area contributed by atoms with Gasteiger partial charge in [0, 0.05) is 31.7 Å². The van der Waals surface area contributed by atoms with Crippen LogP contribution >= 0.6 is 0 Å². The molecule has 0 aliphatic carbocycles. The second kappa shape index (κ2) is 5.78. The lowest BCUT2D eigenvalue weighted by atomic mass is 9.77. The van der Waals surface area contributed by atoms with Gasteiger partial charge in [-0.2, -0.15) is 0 Å². The largest absolute Gasteiger partial charge is 0.453 e. The number of carbonyl (C=O) groups excluding carboxylic acids is 1. The van der Waals surface area contributed by atoms with Gasteiger partial charge < -0.3 is 9.64 Å². The fraction of sp³-hybridized carbons (Fsp3) is 0.611. The Hall–Kier alpha value is -1.62. The van der Waals surface area contributed by atoms with Crippen molar-refractivity contribution in [3.8, 4) is 0 Å². The van der Waals surface area contributed by atoms with Crippen LogP contribution in [-0.2, 0) is 11.2 Å². The molecule has 2 fully saturated rings. The Morgan fingerprint density at radius 1 is 1.35 bits per heavy atom. The average molecular weight is 318 g/mol. The van der Waals surface area contributed by atoms with Crippen LogP contribution in [0.3, 0.4) is 0 Å². The summed E-state index contributed by atoms with van der Waals surface area (Å²) in [6.07, 6.45) is 3.87. The van der Waals surface area contributed by atoms with Gasteiger partial charge in [-0.1, -0.05) is 6.07 Å². The standard InChI is InChI=1S/C18H23FN2O2/c1-23-18(22)21-7-2-3-13-11-20-8-6-12-9-14(19)4-5-15(12)17(20)10-16(13)21/h4-5,9,13,16-17H,2-3,6-8,10-11H2,1H3. The van der Waals surface area contributed by atoms with Gasteiger partial charge in [-0.3, -0.25) is 4.90 Å². The van der Waals surface area contributed by atoms with E-state index in [-0.39, 0.29) is 18.0 Å². The number of nitrogens with zero attached hydrogens (tertiary/aromatic N) is 2. The molecule has 4 nitrogen and oxygen atoms in total. The Morgan fingerprint density at radius 3 is 3.04 bits per heavy atom. The average Bonchev–Trinajstić information content (AvgIpc) is 2.58. The molecule has 3 unspecified atom stereocenters. The van der Waals surface area contributed by atoms with E-state index in [0.29, 0.717) is 12.0 Å². The maximum atomic E-state index is 13.5. The van der Waals surface area contributed by atoms with Gasteiger partial charge in [0.25, 0.3) is 0 Å². The number of hydrogen-bond donors (Lipinski definition) is 0. The number of fused-ring (bicyclic) bond motifs is 4. The van der Waals surface area contributed by atoms with Crippen LogP contribution in [0.2, 0.25) is 0 Å². The number of hydrogen-bond acceptors (Lipinski definition) is 3. The molecule has 0 spiro atoms. The van der Waals surface area contributed by atoms with E-state index in [1.54, 1.807) is 12.1 Å². The van der Waals surface area contributed by atoms with Gasteiger partial charge in [-0.15, -0.1) is 0 Å². The first-order chi connectivity index (χ1) is 11.2. The summed E-state index contributed by atoms with van der Waals surface area (Å²) in [5.74, 6) is 0.376. The summed E-state index contributed by atoms with van der Waals surface area (Å²) >= 11 is 0. The third-order valence-electron chi connectivity index (χ3n) is 5.83. The van der Waals surface area contributed by atoms with E-state index >= 15 is 0 Å². The van der Waals surface area contributed by atoms with E-state index in [1.807, 2.05) is 11.0 Å². The number of carbonyl (C=O) groups is 1. The highest BCUT2D eigenvalue weighted by molar-refractivity contribution is 5.68. The SMILES string of the molecule is COC(=O)N1CCCC2CN3CCc4cc(F)ccc4C3CC21. The highest BCUT2D eigenvalue weighted by Crippen LogP contribution is 2.43. The Labute approximate surface area is 136 Å². The Bertz CT molecular complexity index is 621. The lowest BCUT2D eigenvalue weighted by molar-refractivity contribution is -0.00844. The smallest absolute Gasteiger partial charge is 0.409 e. The minimum absolute atomic E-state index is 0.153. The number of methoxy groups -OCH3 is 1. The summed E-state index contributed by atoms with van der Waals surface area (Å²) in [7, 11) is 1.46. The fourth-order valence-corrected chi connectivity index (χ4v) is 4.77. The lowest BCUT2D eigenvalue weighted by Crippen LogP contribution is -2.57. The van der Waals surface area contributed by atoms with Crippen LogP contribution < -0.4 is 0 Å². The first kappa shape index (κ1) is 14.9. The molecule has 1 aromatic carbocycles. The molecule has 0 saturated carbocycles. The minimum Gasteiger partial charge on any atom is -0.453 e. The molecule has 1 aromatic rings. The maximum Gasteiger partial charge on any atom is 0.409 e. The molecule has 23 heavy (non-hydrogen) atoms. The molecule has 2 saturated heterocycles. The zero-order valence-electron chi connectivity index (χ0n) is 13.5. The fourth-order valence-electron chi connectivity index (χ4n) is 4.77. The van der Waals surface area contributed by atoms with Gasteiger partial charge in [0.2, 0.25) is 0 Å². The first-order valence-corrected chi connectivity index (χ1v) is 8.54. The molecule has 0 radical (unpaired) electrons. The van der Waals surface area contributed by atoms with Crippen LogP contribution in [-0.4, -0.2) is 48.7 Å². The van der Waals surface area contributed by atoms with Crippen LogP contribution in [0.15, 0.2) is 18.2 Å². The highest BCUT2D eigenvalue weighted by Gasteiger charge is 2.44. The van der Waals surface area contributed by atoms with Gasteiger partial charge in [0.05, 0.1) is 7.11 Å². The summed E-state index contributed by atoms with van der Waals surface area (Å²) in [5.41, 5.74) is 2.37. The molecule has 0 aromatic heterocycles. The van der Waals surface area contributed by atoms with Gasteiger partial charge in [-0.05, 0) is 54.9 Å². The summed E-state index contributed by atoms with van der Waals surface area (Å²) in [4.78, 5) is 16.6. The number of halogens is 1. The topological polar surface area (TPSA) is 32.8 Å². The van der Waals surface area contributed by atoms with Crippen LogP contribution in [0.4, 0.5) is 9.18 Å². The molecule has 4 rings (SSSR count). The van der Waals surface area contributed by atoms with Gasteiger partial charge in [0.1, 0.15) is 5.82 Å². The highest BCUT2D eigenvalue weighted by atomic mass is 19.1. The number of amides is 1. The maximum absolute atomic E-state index is 13.5. The normalized spacial score (nSPS) is 30.2. The van der Waals surface area contributed by atoms with Crippen LogP contribution in [0.1, 0.15) is 36.4 Å². The summed E-state index contributed by atoms with van der Waals surface area (Å²) < 4.78 is 18.5. The molecule has 124 valence electrons. The number of ether oxygens (including phenoxy) is 1. The van der Waals surface area contributed by atoms with E-state index in [0.717, 1.165) is 44.5 Å². The Morgan fingerprint density at radius 2 is 2.22 bits per heavy atom. The van der Waals surface area contributed by atoms with Crippen molar-refractivity contribution in [1.29, 1.82) is 0 Å². The van der Waals surface area contributed by atoms with Gasteiger partial charge >= 0.3 is 6.09 Å². The van der Waals surface area contributed by atoms with Crippen molar-refractivity contribution in [2.45, 2.75) is 37.8 Å². The minimum atomic E-state index is -0.205. The molecule has 3 aliphatic rings. The second-order valence-electron chi connectivity index (χ2n) is 6.97. The lowest BCUT2D eigenvalue weighted by Gasteiger charge is -2.51. The molecule has 3 aliphatic heterocycles. The third kappa shape index (κ3) is 2.51. The quantitative estimate of drug-likeness (QED) is 0.737. The predicted octanol–water partition coefficient (Wildman–Crippen LogP) is 2.98. The van der Waals surface area contributed by atoms with Crippen molar-refractivity contribution in [2.24, 2.45) is 5.92 Å². The number of piperidine rings is 2. The van der Waals surface area contributed by atoms with Crippen LogP contribution in [0.25, 0.3) is 0 Å². The van der Waals surface area contributed by atoms with E-state index in [9.17, 15) is 9.18 Å². The molecule has 1 amide bonds. The van der Waals surface area contributed by atoms with Crippen molar-refractivity contribution in [2.75, 3.05) is 26.7 Å². The second-order valence-corrected chi connectivity index (χ2v) is 6.97. The third-order valence-corrected chi connectivity index (χ3v) is 5.83. The van der Waals surface area contributed by atoms with Crippen molar-refractivity contribution in [3.63, 3.8) is 0 Å². The summed E-state index contributed by atoms with van der Waals surface area (Å²) in [6, 6.07) is 5.72. The van der Waals surface area contributed by atoms with Crippen LogP contribution in [0.5, 0.6) is 0 Å². The Kier molecular flexibility index (Phi) is 3.76. The van der Waals surface area contributed by atoms with E-state index in [1.165, 1.54) is 19.1 Å². The molecule has 3 atom stereocenters. The molecular weight excluding hydrogens is 295 g/mol. The van der Waals surface area contributed by atoms with E-state index < -0.39 is 0 Å². The van der Waals surface area contributed by atoms with Gasteiger partial charge in [0.15, 0.2) is 0 Å². The van der Waals surface area contributed by atoms with Crippen molar-refractivity contribution < 1.29 is 13.9 Å². The van der Waals surface area contributed by atoms with Crippen LogP contribution in [0, 0.1) is 11.7 Å². The zero-order valence-corrected chi connectivity index (χ0v) is 13.5. The molecule has 3 heterocycles. The predicted molar refractivity (Wildman–Crippen MR) is 84.7 cm³/mol. The molecular formula is C18H23FN2O2. The number of rotatable bonds is 0. The number of benzene rings is 1. The monoisotopic (exact) mass is 318 g/mol. The molecule has 0 bridgehead atoms. The first-order valence-electron chi connectivity index (χ1n) is 8.54. The van der Waals surface area contributed by atoms with Crippen molar-refractivity contribution in [3.05, 3.63) is 35.1 Å². The van der Waals surface area contributed by atoms with E-state index in [4.69, 9.17) is 4.74 Å². The number of likely N-dealkylation sites (tertiary alicyclic amines) is 1. The van der Waals surface area contributed by atoms with E-state index in [2.05, 4.69) is 4.90 Å². The van der Waals surface area contributed by atoms with Crippen molar-refractivity contribution >= 4 is 6.09 Å². The Balaban J connectivity index is 1.63. The summed E-state index contributed by atoms with van der Waals surface area (Å²) in [6.45, 7) is 2.80. The zero-order chi connectivity index (χ0) is 16.0. The van der Waals surface area contributed by atoms with Crippen molar-refractivity contribution in [1.82, 2.24) is 9.80 Å². The molecule has 5 heteroatoms. The van der Waals surface area contributed by atoms with Gasteiger partial charge in [-0.25, -0.2) is 9.18 Å². The molecule has 0 N–H and O–H groups in total.